The van der Waals surface area contributed by atoms with E-state index in [0.717, 1.165) is 32.5 Å². The molecule has 0 aromatic carbocycles. The van der Waals surface area contributed by atoms with Crippen LogP contribution in [0.2, 0.25) is 0 Å². The standard InChI is InChI=1S/C12H23N3O2/c1-10-8-15(5-6-17-10)12(16)9-14-4-2-3-11(14)7-13/h10-11H,2-9,13H2,1H3. The van der Waals surface area contributed by atoms with E-state index in [4.69, 9.17) is 10.5 Å². The van der Waals surface area contributed by atoms with Gasteiger partial charge in [0.1, 0.15) is 0 Å². The van der Waals surface area contributed by atoms with Crippen molar-refractivity contribution < 1.29 is 9.53 Å². The Labute approximate surface area is 103 Å². The summed E-state index contributed by atoms with van der Waals surface area (Å²) in [6.07, 6.45) is 2.45. The van der Waals surface area contributed by atoms with Crippen molar-refractivity contribution in [2.75, 3.05) is 39.3 Å². The van der Waals surface area contributed by atoms with Crippen molar-refractivity contribution in [3.8, 4) is 0 Å². The number of carbonyl (C=O) groups excluding carboxylic acids is 1. The van der Waals surface area contributed by atoms with Gasteiger partial charge in [-0.15, -0.1) is 0 Å². The maximum Gasteiger partial charge on any atom is 0.236 e. The molecule has 2 unspecified atom stereocenters. The summed E-state index contributed by atoms with van der Waals surface area (Å²) in [6, 6.07) is 0.400. The summed E-state index contributed by atoms with van der Waals surface area (Å²) in [5.41, 5.74) is 5.71. The van der Waals surface area contributed by atoms with Crippen LogP contribution >= 0.6 is 0 Å². The lowest BCUT2D eigenvalue weighted by atomic mass is 10.2. The van der Waals surface area contributed by atoms with Gasteiger partial charge in [0.15, 0.2) is 0 Å². The molecular formula is C12H23N3O2. The molecule has 2 atom stereocenters. The maximum absolute atomic E-state index is 12.1. The highest BCUT2D eigenvalue weighted by atomic mass is 16.5. The molecule has 5 heteroatoms. The molecule has 98 valence electrons. The summed E-state index contributed by atoms with van der Waals surface area (Å²) in [5.74, 6) is 0.223. The summed E-state index contributed by atoms with van der Waals surface area (Å²) in [5, 5.41) is 0. The fourth-order valence-electron chi connectivity index (χ4n) is 2.69. The van der Waals surface area contributed by atoms with Gasteiger partial charge in [0.05, 0.1) is 19.3 Å². The van der Waals surface area contributed by atoms with E-state index in [0.29, 0.717) is 25.7 Å². The van der Waals surface area contributed by atoms with Gasteiger partial charge in [0.25, 0.3) is 0 Å². The van der Waals surface area contributed by atoms with Gasteiger partial charge in [0.2, 0.25) is 5.91 Å². The van der Waals surface area contributed by atoms with Crippen LogP contribution in [-0.4, -0.2) is 67.2 Å². The minimum atomic E-state index is 0.164. The number of rotatable bonds is 3. The van der Waals surface area contributed by atoms with Crippen LogP contribution in [0, 0.1) is 0 Å². The molecule has 0 radical (unpaired) electrons. The molecule has 2 fully saturated rings. The van der Waals surface area contributed by atoms with Crippen molar-refractivity contribution in [2.45, 2.75) is 31.9 Å². The van der Waals surface area contributed by atoms with Crippen LogP contribution in [-0.2, 0) is 9.53 Å². The normalized spacial score (nSPS) is 30.8. The molecule has 0 aliphatic carbocycles. The van der Waals surface area contributed by atoms with Crippen LogP contribution in [0.25, 0.3) is 0 Å². The molecule has 2 aliphatic rings. The molecule has 1 amide bonds. The van der Waals surface area contributed by atoms with Crippen molar-refractivity contribution in [2.24, 2.45) is 5.73 Å². The van der Waals surface area contributed by atoms with Crippen LogP contribution in [0.1, 0.15) is 19.8 Å². The molecule has 17 heavy (non-hydrogen) atoms. The van der Waals surface area contributed by atoms with E-state index in [9.17, 15) is 4.79 Å². The molecule has 0 spiro atoms. The zero-order valence-electron chi connectivity index (χ0n) is 10.6. The first-order valence-corrected chi connectivity index (χ1v) is 6.54. The topological polar surface area (TPSA) is 58.8 Å². The third-order valence-corrected chi connectivity index (χ3v) is 3.70. The second kappa shape index (κ2) is 5.80. The number of nitrogens with zero attached hydrogens (tertiary/aromatic N) is 2. The molecule has 2 heterocycles. The first kappa shape index (κ1) is 12.8. The summed E-state index contributed by atoms with van der Waals surface area (Å²) in [4.78, 5) is 16.3. The van der Waals surface area contributed by atoms with Gasteiger partial charge in [-0.1, -0.05) is 0 Å². The van der Waals surface area contributed by atoms with Gasteiger partial charge in [0, 0.05) is 25.7 Å². The van der Waals surface area contributed by atoms with Gasteiger partial charge in [-0.25, -0.2) is 0 Å². The van der Waals surface area contributed by atoms with E-state index in [2.05, 4.69) is 4.90 Å². The minimum absolute atomic E-state index is 0.164. The van der Waals surface area contributed by atoms with Crippen LogP contribution in [0.4, 0.5) is 0 Å². The Morgan fingerprint density at radius 2 is 2.29 bits per heavy atom. The minimum Gasteiger partial charge on any atom is -0.375 e. The van der Waals surface area contributed by atoms with Gasteiger partial charge >= 0.3 is 0 Å². The number of hydrogen-bond donors (Lipinski definition) is 1. The summed E-state index contributed by atoms with van der Waals surface area (Å²) < 4.78 is 5.44. The lowest BCUT2D eigenvalue weighted by molar-refractivity contribution is -0.139. The Balaban J connectivity index is 1.83. The van der Waals surface area contributed by atoms with Crippen LogP contribution in [0.3, 0.4) is 0 Å². The highest BCUT2D eigenvalue weighted by Crippen LogP contribution is 2.16. The quantitative estimate of drug-likeness (QED) is 0.734. The molecule has 0 aromatic heterocycles. The molecule has 5 nitrogen and oxygen atoms in total. The van der Waals surface area contributed by atoms with E-state index in [1.165, 1.54) is 0 Å². The molecule has 2 saturated heterocycles. The van der Waals surface area contributed by atoms with Gasteiger partial charge < -0.3 is 15.4 Å². The van der Waals surface area contributed by atoms with E-state index in [1.54, 1.807) is 0 Å². The molecule has 0 bridgehead atoms. The maximum atomic E-state index is 12.1. The third-order valence-electron chi connectivity index (χ3n) is 3.70. The average molecular weight is 241 g/mol. The average Bonchev–Trinajstić information content (AvgIpc) is 2.76. The van der Waals surface area contributed by atoms with E-state index in [1.807, 2.05) is 11.8 Å². The zero-order chi connectivity index (χ0) is 12.3. The van der Waals surface area contributed by atoms with Gasteiger partial charge in [-0.05, 0) is 26.3 Å². The Hall–Kier alpha value is -0.650. The Morgan fingerprint density at radius 3 is 3.00 bits per heavy atom. The highest BCUT2D eigenvalue weighted by Gasteiger charge is 2.28. The largest absolute Gasteiger partial charge is 0.375 e. The Bertz CT molecular complexity index is 272. The second-order valence-corrected chi connectivity index (χ2v) is 5.02. The molecule has 0 aromatic rings. The number of hydrogen-bond acceptors (Lipinski definition) is 4. The summed E-state index contributed by atoms with van der Waals surface area (Å²) in [6.45, 7) is 6.31. The number of ether oxygens (including phenoxy) is 1. The number of morpholine rings is 1. The number of amides is 1. The summed E-state index contributed by atoms with van der Waals surface area (Å²) >= 11 is 0. The Kier molecular flexibility index (Phi) is 4.36. The van der Waals surface area contributed by atoms with E-state index < -0.39 is 0 Å². The smallest absolute Gasteiger partial charge is 0.236 e. The van der Waals surface area contributed by atoms with E-state index in [-0.39, 0.29) is 12.0 Å². The molecule has 0 saturated carbocycles. The fourth-order valence-corrected chi connectivity index (χ4v) is 2.69. The number of nitrogens with two attached hydrogens (primary N) is 1. The Morgan fingerprint density at radius 1 is 1.47 bits per heavy atom. The van der Waals surface area contributed by atoms with Gasteiger partial charge in [-0.2, -0.15) is 0 Å². The van der Waals surface area contributed by atoms with Crippen molar-refractivity contribution in [1.29, 1.82) is 0 Å². The third kappa shape index (κ3) is 3.18. The monoisotopic (exact) mass is 241 g/mol. The number of likely N-dealkylation sites (tertiary alicyclic amines) is 1. The van der Waals surface area contributed by atoms with Gasteiger partial charge in [-0.3, -0.25) is 9.69 Å². The SMILES string of the molecule is CC1CN(C(=O)CN2CCCC2CN)CCO1. The first-order valence-electron chi connectivity index (χ1n) is 6.54. The summed E-state index contributed by atoms with van der Waals surface area (Å²) in [7, 11) is 0. The lowest BCUT2D eigenvalue weighted by Crippen LogP contribution is -2.49. The lowest BCUT2D eigenvalue weighted by Gasteiger charge is -2.33. The fraction of sp³-hybridized carbons (Fsp3) is 0.917. The van der Waals surface area contributed by atoms with Crippen LogP contribution < -0.4 is 5.73 Å². The van der Waals surface area contributed by atoms with Crippen molar-refractivity contribution >= 4 is 5.91 Å². The van der Waals surface area contributed by atoms with Crippen molar-refractivity contribution in [3.63, 3.8) is 0 Å². The molecule has 2 N–H and O–H groups in total. The number of carbonyl (C=O) groups is 1. The zero-order valence-corrected chi connectivity index (χ0v) is 10.6. The second-order valence-electron chi connectivity index (χ2n) is 5.02. The van der Waals surface area contributed by atoms with Crippen molar-refractivity contribution in [1.82, 2.24) is 9.80 Å². The molecule has 2 rings (SSSR count). The highest BCUT2D eigenvalue weighted by molar-refractivity contribution is 5.78. The molecular weight excluding hydrogens is 218 g/mol. The van der Waals surface area contributed by atoms with E-state index >= 15 is 0 Å². The van der Waals surface area contributed by atoms with Crippen molar-refractivity contribution in [3.05, 3.63) is 0 Å². The predicted octanol–water partition coefficient (Wildman–Crippen LogP) is -0.343. The molecule has 2 aliphatic heterocycles. The van der Waals surface area contributed by atoms with Crippen LogP contribution in [0.5, 0.6) is 0 Å². The van der Waals surface area contributed by atoms with Crippen LogP contribution in [0.15, 0.2) is 0 Å². The predicted molar refractivity (Wildman–Crippen MR) is 65.6 cm³/mol. The first-order chi connectivity index (χ1) is 8.20.